The summed E-state index contributed by atoms with van der Waals surface area (Å²) in [5.41, 5.74) is 1.67. The average Bonchev–Trinajstić information content (AvgIpc) is 2.88. The Morgan fingerprint density at radius 1 is 1.24 bits per heavy atom. The fourth-order valence-electron chi connectivity index (χ4n) is 2.83. The van der Waals surface area contributed by atoms with E-state index in [-0.39, 0.29) is 17.2 Å². The summed E-state index contributed by atoms with van der Waals surface area (Å²) in [4.78, 5) is 24.6. The number of hydrogen-bond acceptors (Lipinski definition) is 2. The fraction of sp³-hybridized carbons (Fsp3) is 0.500. The maximum Gasteiger partial charge on any atom is 0.253 e. The van der Waals surface area contributed by atoms with Crippen molar-refractivity contribution in [1.82, 2.24) is 5.32 Å². The van der Waals surface area contributed by atoms with Crippen LogP contribution < -0.4 is 10.6 Å². The Morgan fingerprint density at radius 3 is 2.43 bits per heavy atom. The largest absolute Gasteiger partial charge is 0.355 e. The van der Waals surface area contributed by atoms with Crippen LogP contribution in [0.3, 0.4) is 0 Å². The van der Waals surface area contributed by atoms with Gasteiger partial charge in [0.05, 0.1) is 11.3 Å². The van der Waals surface area contributed by atoms with Gasteiger partial charge in [0.2, 0.25) is 5.91 Å². The molecule has 0 aromatic heterocycles. The van der Waals surface area contributed by atoms with Gasteiger partial charge in [0.1, 0.15) is 0 Å². The molecule has 4 nitrogen and oxygen atoms in total. The van der Waals surface area contributed by atoms with E-state index >= 15 is 0 Å². The van der Waals surface area contributed by atoms with Crippen LogP contribution in [-0.2, 0) is 4.79 Å². The zero-order valence-corrected chi connectivity index (χ0v) is 14.3. The van der Waals surface area contributed by atoms with Crippen molar-refractivity contribution in [3.63, 3.8) is 0 Å². The van der Waals surface area contributed by atoms with Crippen molar-refractivity contribution < 1.29 is 9.59 Å². The Labute approximate surface area is 133 Å². The number of nitrogens with one attached hydrogen (secondary N) is 2. The van der Waals surface area contributed by atoms with E-state index in [1.165, 1.54) is 0 Å². The predicted octanol–water partition coefficient (Wildman–Crippen LogP) is 3.64. The van der Waals surface area contributed by atoms with Crippen molar-refractivity contribution in [2.45, 2.75) is 39.5 Å². The summed E-state index contributed by atoms with van der Waals surface area (Å²) >= 11 is 3.46. The molecule has 2 amide bonds. The minimum atomic E-state index is -0.329. The number of anilines is 1. The van der Waals surface area contributed by atoms with Crippen LogP contribution in [-0.4, -0.2) is 18.9 Å². The predicted molar refractivity (Wildman–Crippen MR) is 87.5 cm³/mol. The summed E-state index contributed by atoms with van der Waals surface area (Å²) in [7, 11) is 1.59. The molecule has 0 heterocycles. The van der Waals surface area contributed by atoms with Crippen molar-refractivity contribution in [2.75, 3.05) is 12.4 Å². The molecule has 114 valence electrons. The summed E-state index contributed by atoms with van der Waals surface area (Å²) in [6, 6.07) is 3.69. The van der Waals surface area contributed by atoms with Gasteiger partial charge in [-0.3, -0.25) is 9.59 Å². The number of amides is 2. The van der Waals surface area contributed by atoms with Gasteiger partial charge in [-0.15, -0.1) is 0 Å². The van der Waals surface area contributed by atoms with Gasteiger partial charge in [-0.2, -0.15) is 0 Å². The zero-order chi connectivity index (χ0) is 15.6. The second kappa shape index (κ2) is 6.18. The van der Waals surface area contributed by atoms with Gasteiger partial charge in [-0.05, 0) is 53.4 Å². The molecule has 0 aliphatic heterocycles. The number of carbonyl (C=O) groups excluding carboxylic acids is 2. The van der Waals surface area contributed by atoms with Crippen LogP contribution in [0.25, 0.3) is 0 Å². The lowest BCUT2D eigenvalue weighted by molar-refractivity contribution is -0.124. The maximum absolute atomic E-state index is 12.6. The first kappa shape index (κ1) is 16.0. The van der Waals surface area contributed by atoms with Crippen LogP contribution in [0.4, 0.5) is 5.69 Å². The molecule has 2 N–H and O–H groups in total. The Bertz CT molecular complexity index is 578. The van der Waals surface area contributed by atoms with Crippen LogP contribution in [0.15, 0.2) is 16.6 Å². The zero-order valence-electron chi connectivity index (χ0n) is 12.7. The topological polar surface area (TPSA) is 58.2 Å². The van der Waals surface area contributed by atoms with Crippen molar-refractivity contribution >= 4 is 33.4 Å². The van der Waals surface area contributed by atoms with Crippen molar-refractivity contribution in [2.24, 2.45) is 5.41 Å². The number of benzene rings is 1. The van der Waals surface area contributed by atoms with Crippen LogP contribution >= 0.6 is 15.9 Å². The summed E-state index contributed by atoms with van der Waals surface area (Å²) in [6.45, 7) is 3.91. The molecule has 0 atom stereocenters. The first-order valence-electron chi connectivity index (χ1n) is 7.21. The summed E-state index contributed by atoms with van der Waals surface area (Å²) < 4.78 is 0.732. The first-order valence-corrected chi connectivity index (χ1v) is 8.00. The second-order valence-electron chi connectivity index (χ2n) is 5.97. The first-order chi connectivity index (χ1) is 9.87. The molecule has 1 aliphatic rings. The van der Waals surface area contributed by atoms with Gasteiger partial charge in [0, 0.05) is 16.9 Å². The molecule has 2 rings (SSSR count). The SMILES string of the molecule is CNC(=O)c1cc(C)cc(Br)c1NC(=O)C1(C)CCCC1. The van der Waals surface area contributed by atoms with E-state index in [9.17, 15) is 9.59 Å². The van der Waals surface area contributed by atoms with Crippen LogP contribution in [0, 0.1) is 12.3 Å². The smallest absolute Gasteiger partial charge is 0.253 e. The Hall–Kier alpha value is -1.36. The van der Waals surface area contributed by atoms with Gasteiger partial charge >= 0.3 is 0 Å². The highest BCUT2D eigenvalue weighted by Gasteiger charge is 2.36. The van der Waals surface area contributed by atoms with Crippen LogP contribution in [0.5, 0.6) is 0 Å². The van der Waals surface area contributed by atoms with Gasteiger partial charge in [-0.25, -0.2) is 0 Å². The maximum atomic E-state index is 12.6. The summed E-state index contributed by atoms with van der Waals surface area (Å²) in [6.07, 6.45) is 3.97. The van der Waals surface area contributed by atoms with Gasteiger partial charge < -0.3 is 10.6 Å². The number of aryl methyl sites for hydroxylation is 1. The molecule has 0 radical (unpaired) electrons. The number of carbonyl (C=O) groups is 2. The van der Waals surface area contributed by atoms with E-state index < -0.39 is 0 Å². The molecule has 1 fully saturated rings. The van der Waals surface area contributed by atoms with Crippen molar-refractivity contribution in [1.29, 1.82) is 0 Å². The molecule has 1 aromatic carbocycles. The van der Waals surface area contributed by atoms with Crippen LogP contribution in [0.1, 0.15) is 48.5 Å². The van der Waals surface area contributed by atoms with Crippen LogP contribution in [0.2, 0.25) is 0 Å². The van der Waals surface area contributed by atoms with E-state index in [1.54, 1.807) is 13.1 Å². The Kier molecular flexibility index (Phi) is 4.71. The number of hydrogen-bond donors (Lipinski definition) is 2. The van der Waals surface area contributed by atoms with Crippen molar-refractivity contribution in [3.8, 4) is 0 Å². The number of rotatable bonds is 3. The Morgan fingerprint density at radius 2 is 1.86 bits per heavy atom. The van der Waals surface area contributed by atoms with E-state index in [2.05, 4.69) is 26.6 Å². The lowest BCUT2D eigenvalue weighted by Gasteiger charge is -2.23. The van der Waals surface area contributed by atoms with Gasteiger partial charge in [0.15, 0.2) is 0 Å². The number of halogens is 1. The molecule has 5 heteroatoms. The average molecular weight is 353 g/mol. The fourth-order valence-corrected chi connectivity index (χ4v) is 3.50. The third-order valence-electron chi connectivity index (χ3n) is 4.20. The van der Waals surface area contributed by atoms with E-state index in [0.29, 0.717) is 11.3 Å². The normalized spacial score (nSPS) is 16.6. The highest BCUT2D eigenvalue weighted by Crippen LogP contribution is 2.39. The molecular formula is C16H21BrN2O2. The highest BCUT2D eigenvalue weighted by molar-refractivity contribution is 9.10. The third kappa shape index (κ3) is 3.28. The molecule has 0 unspecified atom stereocenters. The van der Waals surface area contributed by atoms with E-state index in [1.807, 2.05) is 19.9 Å². The molecule has 21 heavy (non-hydrogen) atoms. The minimum absolute atomic E-state index is 0.00490. The second-order valence-corrected chi connectivity index (χ2v) is 6.82. The molecule has 0 spiro atoms. The van der Waals surface area contributed by atoms with Gasteiger partial charge in [0.25, 0.3) is 5.91 Å². The van der Waals surface area contributed by atoms with Crippen molar-refractivity contribution in [3.05, 3.63) is 27.7 Å². The standard InChI is InChI=1S/C16H21BrN2O2/c1-10-8-11(14(20)18-3)13(12(17)9-10)19-15(21)16(2)6-4-5-7-16/h8-9H,4-7H2,1-3H3,(H,18,20)(H,19,21). The molecular weight excluding hydrogens is 332 g/mol. The highest BCUT2D eigenvalue weighted by atomic mass is 79.9. The van der Waals surface area contributed by atoms with E-state index in [4.69, 9.17) is 0 Å². The van der Waals surface area contributed by atoms with E-state index in [0.717, 1.165) is 35.7 Å². The minimum Gasteiger partial charge on any atom is -0.355 e. The molecule has 0 bridgehead atoms. The quantitative estimate of drug-likeness (QED) is 0.872. The lowest BCUT2D eigenvalue weighted by Crippen LogP contribution is -2.32. The molecule has 1 aromatic rings. The summed E-state index contributed by atoms with van der Waals surface area (Å²) in [5.74, 6) is -0.207. The monoisotopic (exact) mass is 352 g/mol. The molecule has 1 aliphatic carbocycles. The van der Waals surface area contributed by atoms with Gasteiger partial charge in [-0.1, -0.05) is 19.8 Å². The Balaban J connectivity index is 2.35. The molecule has 1 saturated carbocycles. The molecule has 0 saturated heterocycles. The summed E-state index contributed by atoms with van der Waals surface area (Å²) in [5, 5.41) is 5.57. The third-order valence-corrected chi connectivity index (χ3v) is 4.83. The lowest BCUT2D eigenvalue weighted by atomic mass is 9.87.